The molecule has 3 aliphatic rings. The number of nitrogens with one attached hydrogen (secondary N) is 2. The van der Waals surface area contributed by atoms with E-state index in [1.54, 1.807) is 0 Å². The van der Waals surface area contributed by atoms with Crippen molar-refractivity contribution in [2.45, 2.75) is 19.0 Å². The van der Waals surface area contributed by atoms with Crippen LogP contribution in [-0.2, 0) is 6.54 Å². The van der Waals surface area contributed by atoms with Crippen LogP contribution in [0.1, 0.15) is 23.6 Å². The summed E-state index contributed by atoms with van der Waals surface area (Å²) in [4.78, 5) is 16.8. The summed E-state index contributed by atoms with van der Waals surface area (Å²) in [6.07, 6.45) is 1.04. The minimum absolute atomic E-state index is 0.213. The number of hydrazine groups is 1. The van der Waals surface area contributed by atoms with E-state index in [9.17, 15) is 0 Å². The summed E-state index contributed by atoms with van der Waals surface area (Å²) < 4.78 is 0. The van der Waals surface area contributed by atoms with Crippen molar-refractivity contribution < 1.29 is 5.11 Å². The van der Waals surface area contributed by atoms with Crippen molar-refractivity contribution >= 4 is 17.6 Å². The van der Waals surface area contributed by atoms with Crippen molar-refractivity contribution in [2.75, 3.05) is 61.1 Å². The van der Waals surface area contributed by atoms with Crippen molar-refractivity contribution in [3.05, 3.63) is 41.5 Å². The van der Waals surface area contributed by atoms with Gasteiger partial charge < -0.3 is 20.3 Å². The molecule has 28 heavy (non-hydrogen) atoms. The Morgan fingerprint density at radius 2 is 1.86 bits per heavy atom. The van der Waals surface area contributed by atoms with Crippen LogP contribution in [0, 0.1) is 0 Å². The van der Waals surface area contributed by atoms with Gasteiger partial charge in [0.2, 0.25) is 5.95 Å². The summed E-state index contributed by atoms with van der Waals surface area (Å²) in [5.41, 5.74) is 9.14. The lowest BCUT2D eigenvalue weighted by Gasteiger charge is -2.36. The molecule has 1 unspecified atom stereocenters. The molecule has 8 heteroatoms. The fourth-order valence-electron chi connectivity index (χ4n) is 4.35. The van der Waals surface area contributed by atoms with Gasteiger partial charge in [-0.05, 0) is 12.0 Å². The third-order valence-electron chi connectivity index (χ3n) is 5.90. The Morgan fingerprint density at radius 1 is 1.04 bits per heavy atom. The number of hydrogen-bond acceptors (Lipinski definition) is 8. The van der Waals surface area contributed by atoms with Crippen LogP contribution >= 0.6 is 0 Å². The predicted molar refractivity (Wildman–Crippen MR) is 109 cm³/mol. The summed E-state index contributed by atoms with van der Waals surface area (Å²) in [5, 5.41) is 9.16. The summed E-state index contributed by atoms with van der Waals surface area (Å²) in [5.74, 6) is 2.77. The Morgan fingerprint density at radius 3 is 2.64 bits per heavy atom. The molecule has 0 spiro atoms. The van der Waals surface area contributed by atoms with Gasteiger partial charge in [0.05, 0.1) is 18.2 Å². The average Bonchev–Trinajstić information content (AvgIpc) is 3.16. The van der Waals surface area contributed by atoms with Crippen molar-refractivity contribution in [3.8, 4) is 0 Å². The zero-order valence-electron chi connectivity index (χ0n) is 16.0. The van der Waals surface area contributed by atoms with Crippen LogP contribution in [0.5, 0.6) is 0 Å². The molecule has 4 heterocycles. The van der Waals surface area contributed by atoms with Gasteiger partial charge in [0.1, 0.15) is 5.82 Å². The Kier molecular flexibility index (Phi) is 4.76. The second-order valence-corrected chi connectivity index (χ2v) is 7.68. The van der Waals surface area contributed by atoms with Crippen LogP contribution in [0.2, 0.25) is 0 Å². The number of hydrogen-bond donors (Lipinski definition) is 3. The third-order valence-corrected chi connectivity index (χ3v) is 5.90. The molecule has 1 aromatic heterocycles. The lowest BCUT2D eigenvalue weighted by atomic mass is 10.0. The van der Waals surface area contributed by atoms with Crippen molar-refractivity contribution in [2.24, 2.45) is 0 Å². The highest BCUT2D eigenvalue weighted by molar-refractivity contribution is 5.67. The molecule has 0 amide bonds. The normalized spacial score (nSPS) is 21.5. The summed E-state index contributed by atoms with van der Waals surface area (Å²) in [6, 6.07) is 10.9. The first-order valence-corrected chi connectivity index (χ1v) is 10.1. The zero-order chi connectivity index (χ0) is 18.9. The summed E-state index contributed by atoms with van der Waals surface area (Å²) in [6.45, 7) is 6.41. The van der Waals surface area contributed by atoms with E-state index in [0.717, 1.165) is 69.8 Å². The van der Waals surface area contributed by atoms with E-state index in [-0.39, 0.29) is 12.6 Å². The minimum atomic E-state index is 0.213. The first-order chi connectivity index (χ1) is 13.8. The minimum Gasteiger partial charge on any atom is -0.395 e. The van der Waals surface area contributed by atoms with Crippen LogP contribution in [0.3, 0.4) is 0 Å². The standard InChI is InChI=1S/C20H27N7O/c28-13-12-25-8-10-26(11-9-25)20-21-18-17-16(23-24-18)6-7-27(19(17)22-20)14-15-4-2-1-3-5-15/h1-5,16,23,28H,6-14H2,(H,21,22,24). The Balaban J connectivity index is 1.42. The Labute approximate surface area is 165 Å². The molecule has 0 radical (unpaired) electrons. The van der Waals surface area contributed by atoms with Crippen LogP contribution < -0.4 is 20.7 Å². The van der Waals surface area contributed by atoms with Gasteiger partial charge in [-0.3, -0.25) is 4.90 Å². The predicted octanol–water partition coefficient (Wildman–Crippen LogP) is 0.972. The molecule has 0 aliphatic carbocycles. The molecule has 148 valence electrons. The lowest BCUT2D eigenvalue weighted by Crippen LogP contribution is -2.48. The number of nitrogens with zero attached hydrogens (tertiary/aromatic N) is 5. The fourth-order valence-corrected chi connectivity index (χ4v) is 4.35. The maximum Gasteiger partial charge on any atom is 0.229 e. The third kappa shape index (κ3) is 3.28. The number of piperazine rings is 1. The monoisotopic (exact) mass is 381 g/mol. The molecule has 1 aromatic carbocycles. The molecule has 2 aromatic rings. The Bertz CT molecular complexity index is 823. The molecule has 8 nitrogen and oxygen atoms in total. The highest BCUT2D eigenvalue weighted by Crippen LogP contribution is 2.41. The van der Waals surface area contributed by atoms with Crippen LogP contribution in [0.15, 0.2) is 30.3 Å². The first-order valence-electron chi connectivity index (χ1n) is 10.1. The van der Waals surface area contributed by atoms with Gasteiger partial charge in [0, 0.05) is 45.8 Å². The molecule has 0 saturated carbocycles. The number of anilines is 3. The Hall–Kier alpha value is -2.42. The molecular formula is C20H27N7O. The van der Waals surface area contributed by atoms with Gasteiger partial charge in [0.25, 0.3) is 0 Å². The fraction of sp³-hybridized carbons (Fsp3) is 0.500. The maximum atomic E-state index is 9.16. The first kappa shape index (κ1) is 17.7. The number of aliphatic hydroxyl groups is 1. The largest absolute Gasteiger partial charge is 0.395 e. The summed E-state index contributed by atoms with van der Waals surface area (Å²) in [7, 11) is 0. The van der Waals surface area contributed by atoms with Gasteiger partial charge in [-0.15, -0.1) is 0 Å². The zero-order valence-corrected chi connectivity index (χ0v) is 16.0. The molecule has 3 N–H and O–H groups in total. The van der Waals surface area contributed by atoms with Crippen molar-refractivity contribution in [3.63, 3.8) is 0 Å². The number of aromatic nitrogens is 2. The maximum absolute atomic E-state index is 9.16. The van der Waals surface area contributed by atoms with Crippen molar-refractivity contribution in [1.29, 1.82) is 0 Å². The van der Waals surface area contributed by atoms with E-state index < -0.39 is 0 Å². The average molecular weight is 381 g/mol. The van der Waals surface area contributed by atoms with E-state index in [4.69, 9.17) is 15.1 Å². The van der Waals surface area contributed by atoms with Crippen molar-refractivity contribution in [1.82, 2.24) is 20.3 Å². The van der Waals surface area contributed by atoms with Gasteiger partial charge >= 0.3 is 0 Å². The molecule has 3 aliphatic heterocycles. The number of aliphatic hydroxyl groups excluding tert-OH is 1. The smallest absolute Gasteiger partial charge is 0.229 e. The second-order valence-electron chi connectivity index (χ2n) is 7.68. The topological polar surface area (TPSA) is 79.8 Å². The van der Waals surface area contributed by atoms with E-state index in [1.807, 2.05) is 0 Å². The van der Waals surface area contributed by atoms with Gasteiger partial charge in [-0.1, -0.05) is 30.3 Å². The molecule has 1 fully saturated rings. The van der Waals surface area contributed by atoms with Gasteiger partial charge in [-0.2, -0.15) is 9.97 Å². The van der Waals surface area contributed by atoms with Crippen LogP contribution in [0.25, 0.3) is 0 Å². The van der Waals surface area contributed by atoms with Gasteiger partial charge in [0.15, 0.2) is 5.82 Å². The summed E-state index contributed by atoms with van der Waals surface area (Å²) >= 11 is 0. The SMILES string of the molecule is OCCN1CCN(c2nc3c4c(n2)N(Cc2ccccc2)CCC4NN3)CC1. The molecular weight excluding hydrogens is 354 g/mol. The highest BCUT2D eigenvalue weighted by Gasteiger charge is 2.35. The quantitative estimate of drug-likeness (QED) is 0.707. The number of β-amino-alcohol motifs (C(OH)–C–C–N with tert-alkyl or cyclic N) is 1. The van der Waals surface area contributed by atoms with Crippen LogP contribution in [0.4, 0.5) is 17.6 Å². The second kappa shape index (κ2) is 7.54. The molecule has 1 atom stereocenters. The van der Waals surface area contributed by atoms with E-state index in [0.29, 0.717) is 0 Å². The highest BCUT2D eigenvalue weighted by atomic mass is 16.3. The number of benzene rings is 1. The van der Waals surface area contributed by atoms with E-state index in [2.05, 4.69) is 55.9 Å². The van der Waals surface area contributed by atoms with E-state index >= 15 is 0 Å². The van der Waals surface area contributed by atoms with E-state index in [1.165, 1.54) is 11.1 Å². The van der Waals surface area contributed by atoms with Gasteiger partial charge in [-0.25, -0.2) is 5.43 Å². The molecule has 0 bridgehead atoms. The molecule has 5 rings (SSSR count). The molecule has 1 saturated heterocycles. The lowest BCUT2D eigenvalue weighted by molar-refractivity contribution is 0.188. The van der Waals surface area contributed by atoms with Crippen LogP contribution in [-0.4, -0.2) is 65.8 Å². The number of rotatable bonds is 5.